The first-order valence-electron chi connectivity index (χ1n) is 14.8. The molecule has 15 heteroatoms. The van der Waals surface area contributed by atoms with Gasteiger partial charge in [0.1, 0.15) is 23.8 Å². The number of pyridine rings is 2. The van der Waals surface area contributed by atoms with Crippen molar-refractivity contribution in [3.8, 4) is 17.3 Å². The van der Waals surface area contributed by atoms with Gasteiger partial charge in [-0.15, -0.1) is 0 Å². The maximum absolute atomic E-state index is 14.2. The van der Waals surface area contributed by atoms with E-state index >= 15 is 0 Å². The minimum Gasteiger partial charge on any atom is -0.473 e. The van der Waals surface area contributed by atoms with Crippen molar-refractivity contribution in [3.05, 3.63) is 82.5 Å². The number of imidazole rings is 1. The molecule has 0 unspecified atom stereocenters. The van der Waals surface area contributed by atoms with E-state index in [4.69, 9.17) is 31.0 Å². The number of rotatable bonds is 9. The summed E-state index contributed by atoms with van der Waals surface area (Å²) in [4.78, 5) is 19.9. The number of ether oxygens (including phenoxy) is 2. The number of fused-ring (bicyclic) bond motifs is 1. The van der Waals surface area contributed by atoms with Gasteiger partial charge in [-0.3, -0.25) is 4.90 Å². The van der Waals surface area contributed by atoms with Crippen LogP contribution in [0.3, 0.4) is 0 Å². The smallest absolute Gasteiger partial charge is 0.471 e. The van der Waals surface area contributed by atoms with Crippen LogP contribution in [0.4, 0.5) is 17.6 Å². The Hall–Kier alpha value is -4.14. The van der Waals surface area contributed by atoms with Crippen molar-refractivity contribution in [2.24, 2.45) is 0 Å². The Kier molecular flexibility index (Phi) is 8.34. The maximum atomic E-state index is 14.2. The molecule has 0 bridgehead atoms. The largest absolute Gasteiger partial charge is 0.473 e. The predicted octanol–water partition coefficient (Wildman–Crippen LogP) is 6.44. The lowest BCUT2D eigenvalue weighted by atomic mass is 9.93. The van der Waals surface area contributed by atoms with E-state index in [0.29, 0.717) is 47.3 Å². The first kappa shape index (κ1) is 30.5. The zero-order valence-electron chi connectivity index (χ0n) is 24.4. The van der Waals surface area contributed by atoms with Gasteiger partial charge in [-0.1, -0.05) is 28.9 Å². The average Bonchev–Trinajstić information content (AvgIpc) is 3.64. The lowest BCUT2D eigenvalue weighted by molar-refractivity contribution is -0.159. The second-order valence-electron chi connectivity index (χ2n) is 11.4. The summed E-state index contributed by atoms with van der Waals surface area (Å²) < 4.78 is 71.0. The normalized spacial score (nSPS) is 17.8. The van der Waals surface area contributed by atoms with Crippen LogP contribution >= 0.6 is 11.6 Å². The third-order valence-corrected chi connectivity index (χ3v) is 8.51. The van der Waals surface area contributed by atoms with Gasteiger partial charge in [0, 0.05) is 46.6 Å². The molecule has 0 N–H and O–H groups in total. The number of hydrogen-bond acceptors (Lipinski definition) is 9. The van der Waals surface area contributed by atoms with Gasteiger partial charge < -0.3 is 18.6 Å². The van der Waals surface area contributed by atoms with Crippen LogP contribution in [0.15, 0.2) is 53.2 Å². The fraction of sp³-hybridized carbons (Fsp3) is 0.387. The first-order valence-corrected chi connectivity index (χ1v) is 15.2. The standard InChI is InChI=1S/C31H28ClF4N7O3/c32-21-5-4-19(23(33)13-21)17-45-27-3-1-2-24(39-27)18-6-9-42(10-7-18)16-26-38-25-12-20(28-40-30(46-41-28)31(34,35)36)14-37-29(25)43(26)15-22-8-11-44-22/h1-5,12-14,18,22H,6-11,15-17H2/t22-/m0/s1. The Morgan fingerprint density at radius 2 is 1.85 bits per heavy atom. The molecule has 2 aliphatic heterocycles. The molecule has 0 amide bonds. The van der Waals surface area contributed by atoms with Crippen molar-refractivity contribution >= 4 is 22.8 Å². The van der Waals surface area contributed by atoms with Crippen LogP contribution in [0, 0.1) is 5.82 Å². The highest BCUT2D eigenvalue weighted by Crippen LogP contribution is 2.32. The van der Waals surface area contributed by atoms with Gasteiger partial charge in [0.15, 0.2) is 5.65 Å². The fourth-order valence-corrected chi connectivity index (χ4v) is 5.86. The second-order valence-corrected chi connectivity index (χ2v) is 11.8. The molecule has 240 valence electrons. The van der Waals surface area contributed by atoms with E-state index in [9.17, 15) is 17.6 Å². The molecule has 5 aromatic rings. The van der Waals surface area contributed by atoms with Crippen LogP contribution in [0.5, 0.6) is 5.88 Å². The molecule has 1 aromatic carbocycles. The molecule has 0 spiro atoms. The van der Waals surface area contributed by atoms with E-state index in [1.54, 1.807) is 24.3 Å². The quantitative estimate of drug-likeness (QED) is 0.166. The maximum Gasteiger partial charge on any atom is 0.471 e. The van der Waals surface area contributed by atoms with Gasteiger partial charge in [0.05, 0.1) is 19.2 Å². The van der Waals surface area contributed by atoms with Gasteiger partial charge in [-0.05, 0) is 56.6 Å². The van der Waals surface area contributed by atoms with E-state index in [-0.39, 0.29) is 30.0 Å². The molecule has 2 aliphatic rings. The lowest BCUT2D eigenvalue weighted by Crippen LogP contribution is -2.35. The highest BCUT2D eigenvalue weighted by molar-refractivity contribution is 6.30. The van der Waals surface area contributed by atoms with E-state index in [2.05, 4.69) is 24.5 Å². The fourth-order valence-electron chi connectivity index (χ4n) is 5.70. The number of halogens is 5. The minimum atomic E-state index is -4.74. The molecular formula is C31H28ClF4N7O3. The Morgan fingerprint density at radius 3 is 2.57 bits per heavy atom. The number of hydrogen-bond donors (Lipinski definition) is 0. The molecule has 0 saturated carbocycles. The summed E-state index contributed by atoms with van der Waals surface area (Å²) in [6.45, 7) is 3.50. The number of nitrogens with zero attached hydrogens (tertiary/aromatic N) is 7. The van der Waals surface area contributed by atoms with E-state index in [1.807, 2.05) is 16.7 Å². The zero-order chi connectivity index (χ0) is 31.8. The molecule has 7 rings (SSSR count). The number of benzene rings is 1. The van der Waals surface area contributed by atoms with Gasteiger partial charge in [0.2, 0.25) is 11.7 Å². The number of piperidine rings is 1. The summed E-state index contributed by atoms with van der Waals surface area (Å²) in [5.41, 5.74) is 2.75. The Labute approximate surface area is 265 Å². The predicted molar refractivity (Wildman–Crippen MR) is 157 cm³/mol. The van der Waals surface area contributed by atoms with E-state index in [1.165, 1.54) is 12.3 Å². The SMILES string of the molecule is Fc1cc(Cl)ccc1COc1cccc(C2CCN(Cc3nc4cc(-c5noc(C(F)(F)F)n5)cnc4n3C[C@@H]3CCO3)CC2)n1. The molecule has 1 atom stereocenters. The Balaban J connectivity index is 1.03. The molecule has 0 aliphatic carbocycles. The molecule has 46 heavy (non-hydrogen) atoms. The van der Waals surface area contributed by atoms with Crippen LogP contribution in [-0.4, -0.2) is 60.4 Å². The monoisotopic (exact) mass is 657 g/mol. The molecule has 0 radical (unpaired) electrons. The van der Waals surface area contributed by atoms with Crippen LogP contribution in [0.25, 0.3) is 22.6 Å². The summed E-state index contributed by atoms with van der Waals surface area (Å²) in [5.74, 6) is -0.587. The number of likely N-dealkylation sites (tertiary alicyclic amines) is 1. The molecule has 4 aromatic heterocycles. The summed E-state index contributed by atoms with van der Waals surface area (Å²) in [7, 11) is 0. The van der Waals surface area contributed by atoms with Crippen LogP contribution in [0.1, 0.15) is 48.2 Å². The third kappa shape index (κ3) is 6.55. The summed E-state index contributed by atoms with van der Waals surface area (Å²) in [6, 6.07) is 11.7. The van der Waals surface area contributed by atoms with Gasteiger partial charge in [-0.2, -0.15) is 18.2 Å². The first-order chi connectivity index (χ1) is 22.2. The van der Waals surface area contributed by atoms with Gasteiger partial charge in [0.25, 0.3) is 0 Å². The molecular weight excluding hydrogens is 630 g/mol. The van der Waals surface area contributed by atoms with Crippen molar-refractivity contribution in [2.45, 2.75) is 57.2 Å². The van der Waals surface area contributed by atoms with Crippen molar-refractivity contribution in [1.29, 1.82) is 0 Å². The van der Waals surface area contributed by atoms with Crippen LogP contribution in [-0.2, 0) is 30.6 Å². The Bertz CT molecular complexity index is 1850. The Morgan fingerprint density at radius 1 is 1.02 bits per heavy atom. The second kappa shape index (κ2) is 12.6. The summed E-state index contributed by atoms with van der Waals surface area (Å²) in [6.07, 6.45) is -0.591. The van der Waals surface area contributed by atoms with E-state index in [0.717, 1.165) is 43.9 Å². The summed E-state index contributed by atoms with van der Waals surface area (Å²) >= 11 is 5.84. The molecule has 6 heterocycles. The molecule has 10 nitrogen and oxygen atoms in total. The molecule has 2 fully saturated rings. The van der Waals surface area contributed by atoms with Crippen LogP contribution in [0.2, 0.25) is 5.02 Å². The van der Waals surface area contributed by atoms with Crippen molar-refractivity contribution in [2.75, 3.05) is 19.7 Å². The van der Waals surface area contributed by atoms with Crippen molar-refractivity contribution in [1.82, 2.24) is 34.6 Å². The number of alkyl halides is 3. The lowest BCUT2D eigenvalue weighted by Gasteiger charge is -2.32. The van der Waals surface area contributed by atoms with Crippen LogP contribution < -0.4 is 4.74 Å². The topological polar surface area (TPSA) is 104 Å². The molecule has 2 saturated heterocycles. The van der Waals surface area contributed by atoms with Gasteiger partial charge >= 0.3 is 12.1 Å². The van der Waals surface area contributed by atoms with Crippen molar-refractivity contribution < 1.29 is 31.6 Å². The highest BCUT2D eigenvalue weighted by atomic mass is 35.5. The van der Waals surface area contributed by atoms with Crippen molar-refractivity contribution in [3.63, 3.8) is 0 Å². The highest BCUT2D eigenvalue weighted by Gasteiger charge is 2.38. The number of aromatic nitrogens is 6. The minimum absolute atomic E-state index is 0.0465. The average molecular weight is 658 g/mol. The van der Waals surface area contributed by atoms with E-state index < -0.39 is 17.9 Å². The zero-order valence-corrected chi connectivity index (χ0v) is 25.1. The summed E-state index contributed by atoms with van der Waals surface area (Å²) in [5, 5.41) is 3.81. The van der Waals surface area contributed by atoms with Gasteiger partial charge in [-0.25, -0.2) is 19.3 Å². The third-order valence-electron chi connectivity index (χ3n) is 8.28.